The Bertz CT molecular complexity index is 758. The van der Waals surface area contributed by atoms with Crippen LogP contribution in [0.4, 0.5) is 0 Å². The van der Waals surface area contributed by atoms with E-state index in [4.69, 9.17) is 4.74 Å². The third kappa shape index (κ3) is 4.75. The van der Waals surface area contributed by atoms with Crippen molar-refractivity contribution in [2.45, 2.75) is 19.4 Å². The highest BCUT2D eigenvalue weighted by molar-refractivity contribution is 7.88. The molecule has 1 aromatic carbocycles. The van der Waals surface area contributed by atoms with Gasteiger partial charge in [-0.25, -0.2) is 8.42 Å². The van der Waals surface area contributed by atoms with Crippen LogP contribution in [-0.2, 0) is 27.8 Å². The Hall–Kier alpha value is -1.64. The van der Waals surface area contributed by atoms with Crippen molar-refractivity contribution in [1.82, 2.24) is 14.1 Å². The number of nitrogens with zero attached hydrogens (tertiary/aromatic N) is 3. The molecule has 1 amide bonds. The highest BCUT2D eigenvalue weighted by atomic mass is 32.2. The highest BCUT2D eigenvalue weighted by Crippen LogP contribution is 2.26. The molecular weight excluding hydrogens is 354 g/mol. The van der Waals surface area contributed by atoms with Crippen LogP contribution in [0.3, 0.4) is 0 Å². The summed E-state index contributed by atoms with van der Waals surface area (Å²) in [5.41, 5.74) is 1.89. The molecule has 0 aliphatic carbocycles. The monoisotopic (exact) mass is 381 g/mol. The van der Waals surface area contributed by atoms with Gasteiger partial charge in [-0.2, -0.15) is 4.31 Å². The zero-order valence-corrected chi connectivity index (χ0v) is 16.3. The molecule has 0 unspecified atom stereocenters. The van der Waals surface area contributed by atoms with E-state index in [1.165, 1.54) is 10.6 Å². The standard InChI is InChI=1S/C18H27N3O4S/c1-19-7-9-20(10-8-19)18(22)6-4-15-3-5-17-16(13-15)14-21(11-12-25-17)26(2,23)24/h3,5,13H,4,6-12,14H2,1-2H3. The average molecular weight is 381 g/mol. The molecule has 26 heavy (non-hydrogen) atoms. The Kier molecular flexibility index (Phi) is 5.84. The second-order valence-corrected chi connectivity index (χ2v) is 9.05. The van der Waals surface area contributed by atoms with Gasteiger partial charge in [0, 0.05) is 51.3 Å². The molecule has 0 spiro atoms. The van der Waals surface area contributed by atoms with E-state index in [-0.39, 0.29) is 5.91 Å². The van der Waals surface area contributed by atoms with Crippen LogP contribution in [-0.4, -0.2) is 81.1 Å². The van der Waals surface area contributed by atoms with Crippen molar-refractivity contribution in [3.05, 3.63) is 29.3 Å². The Labute approximate surface area is 155 Å². The number of carbonyl (C=O) groups excluding carboxylic acids is 1. The Balaban J connectivity index is 1.63. The number of aryl methyl sites for hydroxylation is 1. The molecule has 0 N–H and O–H groups in total. The van der Waals surface area contributed by atoms with E-state index in [1.54, 1.807) is 0 Å². The Morgan fingerprint density at radius 2 is 1.88 bits per heavy atom. The molecule has 2 aliphatic heterocycles. The number of amides is 1. The lowest BCUT2D eigenvalue weighted by molar-refractivity contribution is -0.132. The summed E-state index contributed by atoms with van der Waals surface area (Å²) >= 11 is 0. The van der Waals surface area contributed by atoms with Gasteiger partial charge in [0.2, 0.25) is 15.9 Å². The molecule has 0 atom stereocenters. The third-order valence-corrected chi connectivity index (χ3v) is 6.27. The number of fused-ring (bicyclic) bond motifs is 1. The van der Waals surface area contributed by atoms with E-state index in [1.807, 2.05) is 23.1 Å². The molecule has 0 aromatic heterocycles. The summed E-state index contributed by atoms with van der Waals surface area (Å²) in [5.74, 6) is 0.910. The number of rotatable bonds is 4. The third-order valence-electron chi connectivity index (χ3n) is 5.02. The number of hydrogen-bond acceptors (Lipinski definition) is 5. The molecule has 8 heteroatoms. The maximum Gasteiger partial charge on any atom is 0.222 e. The van der Waals surface area contributed by atoms with Gasteiger partial charge in [-0.1, -0.05) is 12.1 Å². The Morgan fingerprint density at radius 1 is 1.15 bits per heavy atom. The molecule has 0 bridgehead atoms. The van der Waals surface area contributed by atoms with Crippen molar-refractivity contribution in [1.29, 1.82) is 0 Å². The molecule has 2 aliphatic rings. The van der Waals surface area contributed by atoms with Crippen molar-refractivity contribution >= 4 is 15.9 Å². The fourth-order valence-electron chi connectivity index (χ4n) is 3.33. The van der Waals surface area contributed by atoms with Gasteiger partial charge in [-0.3, -0.25) is 4.79 Å². The van der Waals surface area contributed by atoms with Crippen LogP contribution in [0.1, 0.15) is 17.5 Å². The summed E-state index contributed by atoms with van der Waals surface area (Å²) in [6.45, 7) is 4.43. The minimum absolute atomic E-state index is 0.182. The van der Waals surface area contributed by atoms with Crippen molar-refractivity contribution in [3.8, 4) is 5.75 Å². The van der Waals surface area contributed by atoms with Crippen LogP contribution in [0.5, 0.6) is 5.75 Å². The van der Waals surface area contributed by atoms with Crippen LogP contribution in [0, 0.1) is 0 Å². The molecular formula is C18H27N3O4S. The maximum atomic E-state index is 12.4. The second kappa shape index (κ2) is 7.94. The lowest BCUT2D eigenvalue weighted by Gasteiger charge is -2.32. The van der Waals surface area contributed by atoms with E-state index >= 15 is 0 Å². The zero-order valence-electron chi connectivity index (χ0n) is 15.5. The number of sulfonamides is 1. The van der Waals surface area contributed by atoms with Crippen molar-refractivity contribution in [2.24, 2.45) is 0 Å². The van der Waals surface area contributed by atoms with E-state index in [0.717, 1.165) is 43.1 Å². The zero-order chi connectivity index (χ0) is 18.7. The first-order valence-corrected chi connectivity index (χ1v) is 10.8. The van der Waals surface area contributed by atoms with Gasteiger partial charge < -0.3 is 14.5 Å². The first-order chi connectivity index (χ1) is 12.3. The Morgan fingerprint density at radius 3 is 2.58 bits per heavy atom. The summed E-state index contributed by atoms with van der Waals surface area (Å²) in [5, 5.41) is 0. The molecule has 1 fully saturated rings. The number of carbonyl (C=O) groups is 1. The molecule has 7 nitrogen and oxygen atoms in total. The summed E-state index contributed by atoms with van der Waals surface area (Å²) in [6, 6.07) is 5.82. The molecule has 1 saturated heterocycles. The van der Waals surface area contributed by atoms with E-state index < -0.39 is 10.0 Å². The summed E-state index contributed by atoms with van der Waals surface area (Å²) in [4.78, 5) is 16.6. The van der Waals surface area contributed by atoms with Crippen LogP contribution in [0.2, 0.25) is 0 Å². The quantitative estimate of drug-likeness (QED) is 0.762. The number of piperazine rings is 1. The van der Waals surface area contributed by atoms with E-state index in [9.17, 15) is 13.2 Å². The van der Waals surface area contributed by atoms with Crippen LogP contribution >= 0.6 is 0 Å². The van der Waals surface area contributed by atoms with Gasteiger partial charge in [0.1, 0.15) is 12.4 Å². The van der Waals surface area contributed by atoms with Gasteiger partial charge in [0.25, 0.3) is 0 Å². The average Bonchev–Trinajstić information content (AvgIpc) is 2.82. The van der Waals surface area contributed by atoms with E-state index in [0.29, 0.717) is 32.5 Å². The highest BCUT2D eigenvalue weighted by Gasteiger charge is 2.23. The van der Waals surface area contributed by atoms with Crippen LogP contribution in [0.25, 0.3) is 0 Å². The summed E-state index contributed by atoms with van der Waals surface area (Å²) in [6.07, 6.45) is 2.34. The number of benzene rings is 1. The molecule has 2 heterocycles. The summed E-state index contributed by atoms with van der Waals surface area (Å²) in [7, 11) is -1.19. The topological polar surface area (TPSA) is 70.2 Å². The van der Waals surface area contributed by atoms with Gasteiger partial charge in [-0.15, -0.1) is 0 Å². The number of likely N-dealkylation sites (N-methyl/N-ethyl adjacent to an activating group) is 1. The lowest BCUT2D eigenvalue weighted by atomic mass is 10.0. The normalized spacial score (nSPS) is 19.5. The van der Waals surface area contributed by atoms with Crippen molar-refractivity contribution in [2.75, 3.05) is 52.6 Å². The fraction of sp³-hybridized carbons (Fsp3) is 0.611. The smallest absolute Gasteiger partial charge is 0.222 e. The minimum Gasteiger partial charge on any atom is -0.492 e. The van der Waals surface area contributed by atoms with Crippen molar-refractivity contribution in [3.63, 3.8) is 0 Å². The van der Waals surface area contributed by atoms with Crippen LogP contribution in [0.15, 0.2) is 18.2 Å². The van der Waals surface area contributed by atoms with Crippen molar-refractivity contribution < 1.29 is 17.9 Å². The van der Waals surface area contributed by atoms with Gasteiger partial charge in [-0.05, 0) is 25.1 Å². The molecule has 0 saturated carbocycles. The first-order valence-electron chi connectivity index (χ1n) is 8.99. The van der Waals surface area contributed by atoms with Crippen LogP contribution < -0.4 is 4.74 Å². The number of ether oxygens (including phenoxy) is 1. The predicted octanol–water partition coefficient (Wildman–Crippen LogP) is 0.547. The van der Waals surface area contributed by atoms with Gasteiger partial charge in [0.15, 0.2) is 0 Å². The maximum absolute atomic E-state index is 12.4. The molecule has 1 aromatic rings. The number of hydrogen-bond donors (Lipinski definition) is 0. The predicted molar refractivity (Wildman–Crippen MR) is 99.6 cm³/mol. The molecule has 0 radical (unpaired) electrons. The molecule has 144 valence electrons. The molecule has 3 rings (SSSR count). The first kappa shape index (κ1) is 19.1. The van der Waals surface area contributed by atoms with Gasteiger partial charge in [0.05, 0.1) is 6.26 Å². The second-order valence-electron chi connectivity index (χ2n) is 7.07. The summed E-state index contributed by atoms with van der Waals surface area (Å²) < 4.78 is 30.8. The SMILES string of the molecule is CN1CCN(C(=O)CCc2ccc3c(c2)CN(S(C)(=O)=O)CCO3)CC1. The van der Waals surface area contributed by atoms with E-state index in [2.05, 4.69) is 11.9 Å². The fourth-order valence-corrected chi connectivity index (χ4v) is 4.11. The minimum atomic E-state index is -3.26. The largest absolute Gasteiger partial charge is 0.492 e. The van der Waals surface area contributed by atoms with Gasteiger partial charge >= 0.3 is 0 Å². The lowest BCUT2D eigenvalue weighted by Crippen LogP contribution is -2.47.